The standard InChI is InChI=1S/C19H16ClN3O2S/c20-16-8-6-15(7-9-16)19(14-4-2-1-3-5-14)23-22-17-10-12-18(13-11-17)26(21,24)25/h1-13,22H,(H2,21,24,25). The molecular weight excluding hydrogens is 370 g/mol. The van der Waals surface area contributed by atoms with Crippen molar-refractivity contribution in [2.24, 2.45) is 10.2 Å². The molecule has 0 aliphatic heterocycles. The molecule has 0 aliphatic carbocycles. The average Bonchev–Trinajstić information content (AvgIpc) is 2.64. The SMILES string of the molecule is NS(=O)(=O)c1ccc(NN=C(c2ccccc2)c2ccc(Cl)cc2)cc1. The molecule has 132 valence electrons. The van der Waals surface area contributed by atoms with Crippen molar-refractivity contribution in [3.05, 3.63) is 95.0 Å². The van der Waals surface area contributed by atoms with Gasteiger partial charge in [0.05, 0.1) is 16.3 Å². The molecule has 0 aromatic heterocycles. The van der Waals surface area contributed by atoms with Crippen LogP contribution in [0.25, 0.3) is 0 Å². The first-order valence-corrected chi connectivity index (χ1v) is 9.64. The summed E-state index contributed by atoms with van der Waals surface area (Å²) in [6.45, 7) is 0. The van der Waals surface area contributed by atoms with Gasteiger partial charge in [0.25, 0.3) is 0 Å². The lowest BCUT2D eigenvalue weighted by Gasteiger charge is -2.09. The molecule has 0 heterocycles. The normalized spacial score (nSPS) is 12.0. The number of halogens is 1. The fourth-order valence-electron chi connectivity index (χ4n) is 2.34. The second kappa shape index (κ2) is 7.70. The van der Waals surface area contributed by atoms with Crippen LogP contribution in [0.2, 0.25) is 5.02 Å². The third kappa shape index (κ3) is 4.49. The molecule has 3 aromatic rings. The van der Waals surface area contributed by atoms with Crippen molar-refractivity contribution >= 4 is 33.0 Å². The topological polar surface area (TPSA) is 84.5 Å². The van der Waals surface area contributed by atoms with Gasteiger partial charge in [-0.3, -0.25) is 5.43 Å². The van der Waals surface area contributed by atoms with E-state index < -0.39 is 10.0 Å². The van der Waals surface area contributed by atoms with Crippen LogP contribution in [0, 0.1) is 0 Å². The van der Waals surface area contributed by atoms with Gasteiger partial charge in [0, 0.05) is 16.1 Å². The molecule has 0 bridgehead atoms. The molecule has 7 heteroatoms. The zero-order chi connectivity index (χ0) is 18.6. The number of primary sulfonamides is 1. The number of hydrogen-bond acceptors (Lipinski definition) is 4. The Morgan fingerprint density at radius 3 is 2.00 bits per heavy atom. The lowest BCUT2D eigenvalue weighted by molar-refractivity contribution is 0.598. The Bertz CT molecular complexity index is 1020. The number of nitrogens with zero attached hydrogens (tertiary/aromatic N) is 1. The molecule has 0 atom stereocenters. The minimum Gasteiger partial charge on any atom is -0.278 e. The number of hydrogen-bond donors (Lipinski definition) is 2. The largest absolute Gasteiger partial charge is 0.278 e. The van der Waals surface area contributed by atoms with Gasteiger partial charge in [-0.2, -0.15) is 5.10 Å². The van der Waals surface area contributed by atoms with E-state index in [-0.39, 0.29) is 4.90 Å². The van der Waals surface area contributed by atoms with Crippen LogP contribution in [0.4, 0.5) is 5.69 Å². The van der Waals surface area contributed by atoms with Crippen molar-refractivity contribution in [2.45, 2.75) is 4.90 Å². The maximum atomic E-state index is 11.3. The van der Waals surface area contributed by atoms with Gasteiger partial charge >= 0.3 is 0 Å². The maximum absolute atomic E-state index is 11.3. The summed E-state index contributed by atoms with van der Waals surface area (Å²) < 4.78 is 22.7. The molecule has 0 amide bonds. The minimum absolute atomic E-state index is 0.0491. The number of benzene rings is 3. The lowest BCUT2D eigenvalue weighted by Crippen LogP contribution is -2.12. The van der Waals surface area contributed by atoms with Gasteiger partial charge < -0.3 is 0 Å². The number of nitrogens with two attached hydrogens (primary N) is 1. The zero-order valence-electron chi connectivity index (χ0n) is 13.6. The summed E-state index contributed by atoms with van der Waals surface area (Å²) in [5.41, 5.74) is 6.16. The van der Waals surface area contributed by atoms with Crippen molar-refractivity contribution in [2.75, 3.05) is 5.43 Å². The fraction of sp³-hybridized carbons (Fsp3) is 0. The van der Waals surface area contributed by atoms with Crippen molar-refractivity contribution in [3.63, 3.8) is 0 Å². The molecule has 0 unspecified atom stereocenters. The number of hydrazone groups is 1. The van der Waals surface area contributed by atoms with Gasteiger partial charge in [-0.1, -0.05) is 54.1 Å². The monoisotopic (exact) mass is 385 g/mol. The Labute approximate surface area is 157 Å². The summed E-state index contributed by atoms with van der Waals surface area (Å²) >= 11 is 5.97. The van der Waals surface area contributed by atoms with E-state index in [0.717, 1.165) is 16.8 Å². The molecule has 26 heavy (non-hydrogen) atoms. The molecule has 5 nitrogen and oxygen atoms in total. The maximum Gasteiger partial charge on any atom is 0.238 e. The second-order valence-corrected chi connectivity index (χ2v) is 7.51. The third-order valence-electron chi connectivity index (χ3n) is 3.64. The summed E-state index contributed by atoms with van der Waals surface area (Å²) in [6, 6.07) is 23.2. The predicted molar refractivity (Wildman–Crippen MR) is 105 cm³/mol. The molecule has 0 radical (unpaired) electrons. The molecule has 3 N–H and O–H groups in total. The smallest absolute Gasteiger partial charge is 0.238 e. The molecule has 3 aromatic carbocycles. The van der Waals surface area contributed by atoms with E-state index in [1.807, 2.05) is 42.5 Å². The molecule has 0 aliphatic rings. The van der Waals surface area contributed by atoms with E-state index in [2.05, 4.69) is 10.5 Å². The van der Waals surface area contributed by atoms with Gasteiger partial charge in [-0.05, 0) is 36.4 Å². The van der Waals surface area contributed by atoms with E-state index in [1.54, 1.807) is 24.3 Å². The Hall–Kier alpha value is -2.67. The van der Waals surface area contributed by atoms with Crippen LogP contribution >= 0.6 is 11.6 Å². The average molecular weight is 386 g/mol. The Balaban J connectivity index is 1.93. The molecule has 0 fully saturated rings. The summed E-state index contributed by atoms with van der Waals surface area (Å²) in [7, 11) is -3.72. The second-order valence-electron chi connectivity index (χ2n) is 5.51. The number of anilines is 1. The van der Waals surface area contributed by atoms with E-state index in [0.29, 0.717) is 10.7 Å². The van der Waals surface area contributed by atoms with Gasteiger partial charge in [-0.25, -0.2) is 13.6 Å². The van der Waals surface area contributed by atoms with E-state index in [9.17, 15) is 8.42 Å². The van der Waals surface area contributed by atoms with Gasteiger partial charge in [0.2, 0.25) is 10.0 Å². The van der Waals surface area contributed by atoms with E-state index >= 15 is 0 Å². The first kappa shape index (κ1) is 18.1. The molecule has 3 rings (SSSR count). The van der Waals surface area contributed by atoms with Crippen LogP contribution in [-0.2, 0) is 10.0 Å². The van der Waals surface area contributed by atoms with Gasteiger partial charge in [-0.15, -0.1) is 0 Å². The molecule has 0 spiro atoms. The first-order valence-electron chi connectivity index (χ1n) is 7.71. The Morgan fingerprint density at radius 1 is 0.846 bits per heavy atom. The molecular formula is C19H16ClN3O2S. The first-order chi connectivity index (χ1) is 12.4. The van der Waals surface area contributed by atoms with Crippen LogP contribution < -0.4 is 10.6 Å². The Morgan fingerprint density at radius 2 is 1.42 bits per heavy atom. The summed E-state index contributed by atoms with van der Waals surface area (Å²) in [5, 5.41) is 10.3. The number of sulfonamides is 1. The van der Waals surface area contributed by atoms with Crippen molar-refractivity contribution in [1.82, 2.24) is 0 Å². The van der Waals surface area contributed by atoms with Crippen molar-refractivity contribution < 1.29 is 8.42 Å². The van der Waals surface area contributed by atoms with Crippen LogP contribution in [0.15, 0.2) is 88.9 Å². The number of rotatable bonds is 5. The van der Waals surface area contributed by atoms with Crippen LogP contribution in [0.1, 0.15) is 11.1 Å². The molecule has 0 saturated carbocycles. The highest BCUT2D eigenvalue weighted by atomic mass is 35.5. The summed E-state index contributed by atoms with van der Waals surface area (Å²) in [6.07, 6.45) is 0. The van der Waals surface area contributed by atoms with Crippen molar-refractivity contribution in [3.8, 4) is 0 Å². The van der Waals surface area contributed by atoms with E-state index in [1.165, 1.54) is 12.1 Å². The fourth-order valence-corrected chi connectivity index (χ4v) is 2.98. The van der Waals surface area contributed by atoms with Gasteiger partial charge in [0.15, 0.2) is 0 Å². The third-order valence-corrected chi connectivity index (χ3v) is 4.83. The highest BCUT2D eigenvalue weighted by Gasteiger charge is 2.08. The minimum atomic E-state index is -3.72. The van der Waals surface area contributed by atoms with Gasteiger partial charge in [0.1, 0.15) is 0 Å². The van der Waals surface area contributed by atoms with Crippen molar-refractivity contribution in [1.29, 1.82) is 0 Å². The quantitative estimate of drug-likeness (QED) is 0.516. The van der Waals surface area contributed by atoms with Crippen LogP contribution in [0.5, 0.6) is 0 Å². The summed E-state index contributed by atoms with van der Waals surface area (Å²) in [5.74, 6) is 0. The predicted octanol–water partition coefficient (Wildman–Crippen LogP) is 3.85. The summed E-state index contributed by atoms with van der Waals surface area (Å²) in [4.78, 5) is 0.0491. The number of nitrogens with one attached hydrogen (secondary N) is 1. The highest BCUT2D eigenvalue weighted by molar-refractivity contribution is 7.89. The van der Waals surface area contributed by atoms with E-state index in [4.69, 9.17) is 16.7 Å². The molecule has 0 saturated heterocycles. The highest BCUT2D eigenvalue weighted by Crippen LogP contribution is 2.17. The lowest BCUT2D eigenvalue weighted by atomic mass is 10.0. The Kier molecular flexibility index (Phi) is 5.37. The zero-order valence-corrected chi connectivity index (χ0v) is 15.2. The van der Waals surface area contributed by atoms with Crippen LogP contribution in [-0.4, -0.2) is 14.1 Å². The van der Waals surface area contributed by atoms with Crippen LogP contribution in [0.3, 0.4) is 0 Å².